The Morgan fingerprint density at radius 3 is 3.11 bits per heavy atom. The number of nitrogens with one attached hydrogen (secondary N) is 2. The van der Waals surface area contributed by atoms with Crippen molar-refractivity contribution in [3.05, 3.63) is 18.0 Å². The number of hydrogen-bond donors (Lipinski definition) is 2. The molecule has 1 aliphatic carbocycles. The number of carbonyl (C=O) groups excluding carboxylic acids is 1. The highest BCUT2D eigenvalue weighted by molar-refractivity contribution is 5.82. The van der Waals surface area contributed by atoms with Crippen molar-refractivity contribution in [2.45, 2.75) is 50.7 Å². The summed E-state index contributed by atoms with van der Waals surface area (Å²) < 4.78 is 1.75. The molecule has 19 heavy (non-hydrogen) atoms. The number of aromatic nitrogens is 2. The molecule has 2 N–H and O–H groups in total. The summed E-state index contributed by atoms with van der Waals surface area (Å²) in [5.41, 5.74) is 0.909. The van der Waals surface area contributed by atoms with Crippen molar-refractivity contribution >= 4 is 5.91 Å². The number of carbonyl (C=O) groups is 1. The summed E-state index contributed by atoms with van der Waals surface area (Å²) >= 11 is 0. The number of fused-ring (bicyclic) bond motifs is 1. The lowest BCUT2D eigenvalue weighted by Crippen LogP contribution is -2.42. The molecule has 0 aromatic carbocycles. The molecule has 0 spiro atoms. The molecule has 104 valence electrons. The Morgan fingerprint density at radius 2 is 2.37 bits per heavy atom. The van der Waals surface area contributed by atoms with Crippen LogP contribution < -0.4 is 10.6 Å². The third-order valence-electron chi connectivity index (χ3n) is 4.39. The Kier molecular flexibility index (Phi) is 3.55. The van der Waals surface area contributed by atoms with E-state index in [9.17, 15) is 4.79 Å². The van der Waals surface area contributed by atoms with Crippen LogP contribution in [0.5, 0.6) is 0 Å². The fraction of sp³-hybridized carbons (Fsp3) is 0.714. The van der Waals surface area contributed by atoms with Crippen molar-refractivity contribution in [2.24, 2.45) is 13.0 Å². The van der Waals surface area contributed by atoms with E-state index in [2.05, 4.69) is 15.7 Å². The Hall–Kier alpha value is -1.36. The molecular formula is C14H22N4O. The van der Waals surface area contributed by atoms with Crippen LogP contribution in [0.1, 0.15) is 37.8 Å². The summed E-state index contributed by atoms with van der Waals surface area (Å²) in [6.45, 7) is 0.521. The van der Waals surface area contributed by atoms with E-state index in [-0.39, 0.29) is 11.9 Å². The number of aryl methyl sites for hydroxylation is 1. The van der Waals surface area contributed by atoms with Crippen LogP contribution in [0.4, 0.5) is 0 Å². The van der Waals surface area contributed by atoms with Crippen molar-refractivity contribution < 1.29 is 4.79 Å². The normalized spacial score (nSPS) is 30.1. The van der Waals surface area contributed by atoms with Gasteiger partial charge in [0.05, 0.1) is 18.3 Å². The van der Waals surface area contributed by atoms with Gasteiger partial charge in [0.25, 0.3) is 0 Å². The maximum atomic E-state index is 12.2. The van der Waals surface area contributed by atoms with Crippen LogP contribution in [-0.4, -0.2) is 27.8 Å². The van der Waals surface area contributed by atoms with Gasteiger partial charge in [0.2, 0.25) is 5.91 Å². The average molecular weight is 262 g/mol. The monoisotopic (exact) mass is 262 g/mol. The second-order valence-electron chi connectivity index (χ2n) is 5.80. The first-order valence-electron chi connectivity index (χ1n) is 7.24. The van der Waals surface area contributed by atoms with Gasteiger partial charge in [-0.25, -0.2) is 0 Å². The maximum absolute atomic E-state index is 12.2. The summed E-state index contributed by atoms with van der Waals surface area (Å²) in [5.74, 6) is 0.833. The zero-order valence-corrected chi connectivity index (χ0v) is 11.4. The molecular weight excluding hydrogens is 240 g/mol. The molecule has 1 aliphatic heterocycles. The SMILES string of the molecule is Cn1ccc(CNC(=O)C2CC3CCCCC3N2)n1. The number of amides is 1. The van der Waals surface area contributed by atoms with Gasteiger partial charge in [-0.3, -0.25) is 9.48 Å². The van der Waals surface area contributed by atoms with Crippen LogP contribution in [-0.2, 0) is 18.4 Å². The van der Waals surface area contributed by atoms with Crippen LogP contribution in [0.3, 0.4) is 0 Å². The molecule has 3 unspecified atom stereocenters. The molecule has 2 aliphatic rings. The Bertz CT molecular complexity index is 442. The molecule has 5 heteroatoms. The summed E-state index contributed by atoms with van der Waals surface area (Å²) in [5, 5.41) is 10.7. The molecule has 5 nitrogen and oxygen atoms in total. The number of hydrogen-bond acceptors (Lipinski definition) is 3. The Balaban J connectivity index is 1.51. The fourth-order valence-corrected chi connectivity index (χ4v) is 3.38. The van der Waals surface area contributed by atoms with Crippen molar-refractivity contribution in [1.29, 1.82) is 0 Å². The van der Waals surface area contributed by atoms with E-state index in [4.69, 9.17) is 0 Å². The number of nitrogens with zero attached hydrogens (tertiary/aromatic N) is 2. The molecule has 3 rings (SSSR count). The molecule has 0 bridgehead atoms. The van der Waals surface area contributed by atoms with E-state index in [1.165, 1.54) is 25.7 Å². The van der Waals surface area contributed by atoms with Gasteiger partial charge in [-0.15, -0.1) is 0 Å². The van der Waals surface area contributed by atoms with Crippen molar-refractivity contribution in [2.75, 3.05) is 0 Å². The predicted octanol–water partition coefficient (Wildman–Crippen LogP) is 0.957. The van der Waals surface area contributed by atoms with E-state index < -0.39 is 0 Å². The molecule has 3 atom stereocenters. The third kappa shape index (κ3) is 2.81. The summed E-state index contributed by atoms with van der Waals surface area (Å²) in [6.07, 6.45) is 8.03. The fourth-order valence-electron chi connectivity index (χ4n) is 3.38. The van der Waals surface area contributed by atoms with Crippen LogP contribution in [0.15, 0.2) is 12.3 Å². The zero-order chi connectivity index (χ0) is 13.2. The smallest absolute Gasteiger partial charge is 0.237 e. The van der Waals surface area contributed by atoms with Crippen molar-refractivity contribution in [3.8, 4) is 0 Å². The first kappa shape index (κ1) is 12.7. The second kappa shape index (κ2) is 5.33. The standard InChI is InChI=1S/C14H22N4O/c1-18-7-6-11(17-18)9-15-14(19)13-8-10-4-2-3-5-12(10)16-13/h6-7,10,12-13,16H,2-5,8-9H2,1H3,(H,15,19). The van der Waals surface area contributed by atoms with Gasteiger partial charge in [0, 0.05) is 19.3 Å². The summed E-state index contributed by atoms with van der Waals surface area (Å²) in [6, 6.07) is 2.50. The van der Waals surface area contributed by atoms with E-state index in [0.717, 1.165) is 12.1 Å². The Labute approximate surface area is 113 Å². The van der Waals surface area contributed by atoms with Crippen LogP contribution in [0, 0.1) is 5.92 Å². The quantitative estimate of drug-likeness (QED) is 0.853. The lowest BCUT2D eigenvalue weighted by Gasteiger charge is -2.24. The van der Waals surface area contributed by atoms with Gasteiger partial charge in [-0.2, -0.15) is 5.10 Å². The minimum absolute atomic E-state index is 0.00295. The summed E-state index contributed by atoms with van der Waals surface area (Å²) in [4.78, 5) is 12.2. The van der Waals surface area contributed by atoms with Crippen LogP contribution >= 0.6 is 0 Å². The number of rotatable bonds is 3. The molecule has 0 radical (unpaired) electrons. The van der Waals surface area contributed by atoms with E-state index in [1.807, 2.05) is 19.3 Å². The topological polar surface area (TPSA) is 59.0 Å². The molecule has 2 fully saturated rings. The minimum Gasteiger partial charge on any atom is -0.349 e. The van der Waals surface area contributed by atoms with Gasteiger partial charge < -0.3 is 10.6 Å². The highest BCUT2D eigenvalue weighted by Gasteiger charge is 2.37. The maximum Gasteiger partial charge on any atom is 0.237 e. The highest BCUT2D eigenvalue weighted by Crippen LogP contribution is 2.33. The van der Waals surface area contributed by atoms with E-state index >= 15 is 0 Å². The molecule has 1 aromatic rings. The first-order valence-corrected chi connectivity index (χ1v) is 7.24. The second-order valence-corrected chi connectivity index (χ2v) is 5.80. The molecule has 1 amide bonds. The predicted molar refractivity (Wildman–Crippen MR) is 72.3 cm³/mol. The largest absolute Gasteiger partial charge is 0.349 e. The third-order valence-corrected chi connectivity index (χ3v) is 4.39. The average Bonchev–Trinajstić information content (AvgIpc) is 3.01. The first-order chi connectivity index (χ1) is 9.22. The lowest BCUT2D eigenvalue weighted by atomic mass is 9.85. The van der Waals surface area contributed by atoms with Gasteiger partial charge >= 0.3 is 0 Å². The highest BCUT2D eigenvalue weighted by atomic mass is 16.2. The van der Waals surface area contributed by atoms with Gasteiger partial charge in [0.1, 0.15) is 0 Å². The molecule has 1 saturated carbocycles. The molecule has 1 aromatic heterocycles. The lowest BCUT2D eigenvalue weighted by molar-refractivity contribution is -0.123. The van der Waals surface area contributed by atoms with Crippen molar-refractivity contribution in [1.82, 2.24) is 20.4 Å². The summed E-state index contributed by atoms with van der Waals surface area (Å²) in [7, 11) is 1.88. The van der Waals surface area contributed by atoms with E-state index in [1.54, 1.807) is 4.68 Å². The zero-order valence-electron chi connectivity index (χ0n) is 11.4. The van der Waals surface area contributed by atoms with E-state index in [0.29, 0.717) is 18.5 Å². The molecule has 1 saturated heterocycles. The van der Waals surface area contributed by atoms with Gasteiger partial charge in [-0.05, 0) is 31.2 Å². The minimum atomic E-state index is -0.00295. The van der Waals surface area contributed by atoms with Crippen molar-refractivity contribution in [3.63, 3.8) is 0 Å². The van der Waals surface area contributed by atoms with Gasteiger partial charge in [-0.1, -0.05) is 12.8 Å². The Morgan fingerprint density at radius 1 is 1.53 bits per heavy atom. The molecule has 2 heterocycles. The van der Waals surface area contributed by atoms with Gasteiger partial charge in [0.15, 0.2) is 0 Å². The van der Waals surface area contributed by atoms with Crippen LogP contribution in [0.25, 0.3) is 0 Å². The van der Waals surface area contributed by atoms with Crippen LogP contribution in [0.2, 0.25) is 0 Å².